The van der Waals surface area contributed by atoms with Crippen LogP contribution in [0.1, 0.15) is 6.92 Å². The second-order valence-corrected chi connectivity index (χ2v) is 3.48. The van der Waals surface area contributed by atoms with Gasteiger partial charge < -0.3 is 20.8 Å². The van der Waals surface area contributed by atoms with E-state index in [0.717, 1.165) is 0 Å². The van der Waals surface area contributed by atoms with E-state index in [1.807, 2.05) is 6.92 Å². The molecule has 0 aliphatic heterocycles. The summed E-state index contributed by atoms with van der Waals surface area (Å²) in [5, 5.41) is 5.60. The maximum Gasteiger partial charge on any atom is 0.239 e. The SMILES string of the molecule is CCNC(=O)CNc1nc(N)cn2ccnc12. The Morgan fingerprint density at radius 2 is 2.41 bits per heavy atom. The van der Waals surface area contributed by atoms with Crippen molar-refractivity contribution in [2.24, 2.45) is 0 Å². The highest BCUT2D eigenvalue weighted by Crippen LogP contribution is 2.13. The molecule has 2 heterocycles. The summed E-state index contributed by atoms with van der Waals surface area (Å²) in [5.74, 6) is 0.775. The molecule has 7 nitrogen and oxygen atoms in total. The summed E-state index contributed by atoms with van der Waals surface area (Å²) < 4.78 is 1.75. The van der Waals surface area contributed by atoms with Crippen molar-refractivity contribution in [3.8, 4) is 0 Å². The fourth-order valence-electron chi connectivity index (χ4n) is 1.49. The number of rotatable bonds is 4. The van der Waals surface area contributed by atoms with Crippen molar-refractivity contribution < 1.29 is 4.79 Å². The highest BCUT2D eigenvalue weighted by molar-refractivity contribution is 5.81. The van der Waals surface area contributed by atoms with Gasteiger partial charge in [-0.15, -0.1) is 0 Å². The minimum Gasteiger partial charge on any atom is -0.382 e. The first-order chi connectivity index (χ1) is 8.20. The number of imidazole rings is 1. The fraction of sp³-hybridized carbons (Fsp3) is 0.300. The lowest BCUT2D eigenvalue weighted by Gasteiger charge is -2.07. The first-order valence-electron chi connectivity index (χ1n) is 5.30. The van der Waals surface area contributed by atoms with Gasteiger partial charge in [0.15, 0.2) is 11.5 Å². The predicted molar refractivity (Wildman–Crippen MR) is 64.6 cm³/mol. The number of hydrogen-bond acceptors (Lipinski definition) is 5. The molecule has 0 aliphatic rings. The van der Waals surface area contributed by atoms with Gasteiger partial charge in [0.25, 0.3) is 0 Å². The highest BCUT2D eigenvalue weighted by atomic mass is 16.1. The molecule has 17 heavy (non-hydrogen) atoms. The lowest BCUT2D eigenvalue weighted by molar-refractivity contribution is -0.119. The third-order valence-corrected chi connectivity index (χ3v) is 2.18. The van der Waals surface area contributed by atoms with Gasteiger partial charge >= 0.3 is 0 Å². The van der Waals surface area contributed by atoms with E-state index in [1.54, 1.807) is 23.0 Å². The number of nitrogens with zero attached hydrogens (tertiary/aromatic N) is 3. The van der Waals surface area contributed by atoms with Gasteiger partial charge in [0, 0.05) is 18.9 Å². The molecule has 90 valence electrons. The maximum absolute atomic E-state index is 11.3. The zero-order valence-corrected chi connectivity index (χ0v) is 9.47. The Kier molecular flexibility index (Phi) is 3.08. The first-order valence-corrected chi connectivity index (χ1v) is 5.30. The molecule has 1 amide bonds. The lowest BCUT2D eigenvalue weighted by Crippen LogP contribution is -2.29. The number of hydrogen-bond donors (Lipinski definition) is 3. The van der Waals surface area contributed by atoms with E-state index in [9.17, 15) is 4.79 Å². The zero-order chi connectivity index (χ0) is 12.3. The zero-order valence-electron chi connectivity index (χ0n) is 9.47. The van der Waals surface area contributed by atoms with E-state index in [4.69, 9.17) is 5.73 Å². The summed E-state index contributed by atoms with van der Waals surface area (Å²) in [4.78, 5) is 19.6. The number of carbonyl (C=O) groups excluding carboxylic acids is 1. The number of fused-ring (bicyclic) bond motifs is 1. The average molecular weight is 234 g/mol. The van der Waals surface area contributed by atoms with E-state index in [0.29, 0.717) is 23.8 Å². The first kappa shape index (κ1) is 11.2. The molecule has 0 bridgehead atoms. The van der Waals surface area contributed by atoms with Crippen LogP contribution in [0.3, 0.4) is 0 Å². The van der Waals surface area contributed by atoms with E-state index < -0.39 is 0 Å². The van der Waals surface area contributed by atoms with Crippen LogP contribution >= 0.6 is 0 Å². The van der Waals surface area contributed by atoms with Crippen LogP contribution in [0.5, 0.6) is 0 Å². The van der Waals surface area contributed by atoms with Crippen LogP contribution in [-0.4, -0.2) is 33.4 Å². The Morgan fingerprint density at radius 1 is 1.59 bits per heavy atom. The van der Waals surface area contributed by atoms with Crippen molar-refractivity contribution in [3.05, 3.63) is 18.6 Å². The van der Waals surface area contributed by atoms with E-state index in [2.05, 4.69) is 20.6 Å². The molecule has 0 radical (unpaired) electrons. The summed E-state index contributed by atoms with van der Waals surface area (Å²) in [6, 6.07) is 0. The normalized spacial score (nSPS) is 10.4. The number of anilines is 2. The van der Waals surface area contributed by atoms with Crippen molar-refractivity contribution in [2.75, 3.05) is 24.1 Å². The number of carbonyl (C=O) groups is 1. The van der Waals surface area contributed by atoms with Gasteiger partial charge in [-0.05, 0) is 6.92 Å². The van der Waals surface area contributed by atoms with Gasteiger partial charge in [-0.25, -0.2) is 9.97 Å². The molecule has 0 spiro atoms. The predicted octanol–water partition coefficient (Wildman–Crippen LogP) is -0.141. The molecule has 2 aromatic rings. The summed E-state index contributed by atoms with van der Waals surface area (Å²) in [6.07, 6.45) is 5.08. The van der Waals surface area contributed by atoms with E-state index in [1.165, 1.54) is 0 Å². The number of nitrogens with two attached hydrogens (primary N) is 1. The quantitative estimate of drug-likeness (QED) is 0.684. The van der Waals surface area contributed by atoms with Crippen LogP contribution in [0.4, 0.5) is 11.6 Å². The van der Waals surface area contributed by atoms with Gasteiger partial charge in [-0.2, -0.15) is 0 Å². The number of nitrogens with one attached hydrogen (secondary N) is 2. The number of nitrogen functional groups attached to an aromatic ring is 1. The minimum absolute atomic E-state index is 0.0959. The van der Waals surface area contributed by atoms with Crippen molar-refractivity contribution in [1.82, 2.24) is 19.7 Å². The van der Waals surface area contributed by atoms with Gasteiger partial charge in [-0.1, -0.05) is 0 Å². The summed E-state index contributed by atoms with van der Waals surface area (Å²) >= 11 is 0. The van der Waals surface area contributed by atoms with Crippen LogP contribution in [0, 0.1) is 0 Å². The van der Waals surface area contributed by atoms with E-state index >= 15 is 0 Å². The summed E-state index contributed by atoms with van der Waals surface area (Å²) in [7, 11) is 0. The Labute approximate surface area is 98.0 Å². The standard InChI is InChI=1S/C10H14N6O/c1-2-12-8(17)5-14-9-10-13-3-4-16(10)6-7(11)15-9/h3-4,6H,2,5,11H2,1H3,(H,12,17)(H,14,15). The van der Waals surface area contributed by atoms with Crippen LogP contribution in [0.2, 0.25) is 0 Å². The Morgan fingerprint density at radius 3 is 3.18 bits per heavy atom. The van der Waals surface area contributed by atoms with Crippen LogP contribution in [0.25, 0.3) is 5.65 Å². The van der Waals surface area contributed by atoms with Gasteiger partial charge in [0.05, 0.1) is 12.7 Å². The molecule has 0 aliphatic carbocycles. The molecule has 0 atom stereocenters. The van der Waals surface area contributed by atoms with Gasteiger partial charge in [-0.3, -0.25) is 4.79 Å². The van der Waals surface area contributed by atoms with Crippen LogP contribution in [0.15, 0.2) is 18.6 Å². The smallest absolute Gasteiger partial charge is 0.239 e. The molecule has 0 saturated carbocycles. The molecule has 2 aromatic heterocycles. The third-order valence-electron chi connectivity index (χ3n) is 2.18. The monoisotopic (exact) mass is 234 g/mol. The van der Waals surface area contributed by atoms with Crippen LogP contribution < -0.4 is 16.4 Å². The van der Waals surface area contributed by atoms with Crippen molar-refractivity contribution in [3.63, 3.8) is 0 Å². The second-order valence-electron chi connectivity index (χ2n) is 3.48. The number of amides is 1. The van der Waals surface area contributed by atoms with Crippen molar-refractivity contribution >= 4 is 23.2 Å². The number of likely N-dealkylation sites (N-methyl/N-ethyl adjacent to an activating group) is 1. The van der Waals surface area contributed by atoms with Gasteiger partial charge in [0.1, 0.15) is 5.82 Å². The van der Waals surface area contributed by atoms with Crippen molar-refractivity contribution in [2.45, 2.75) is 6.92 Å². The van der Waals surface area contributed by atoms with Crippen LogP contribution in [-0.2, 0) is 4.79 Å². The fourth-order valence-corrected chi connectivity index (χ4v) is 1.49. The Balaban J connectivity index is 2.17. The highest BCUT2D eigenvalue weighted by Gasteiger charge is 2.07. The molecule has 0 fully saturated rings. The molecule has 0 saturated heterocycles. The topological polar surface area (TPSA) is 97.3 Å². The molecule has 0 aromatic carbocycles. The average Bonchev–Trinajstić information content (AvgIpc) is 2.74. The Hall–Kier alpha value is -2.31. The minimum atomic E-state index is -0.0959. The molecule has 0 unspecified atom stereocenters. The Bertz CT molecular complexity index is 535. The lowest BCUT2D eigenvalue weighted by atomic mass is 10.5. The van der Waals surface area contributed by atoms with Crippen molar-refractivity contribution in [1.29, 1.82) is 0 Å². The molecular weight excluding hydrogens is 220 g/mol. The maximum atomic E-state index is 11.3. The largest absolute Gasteiger partial charge is 0.382 e. The van der Waals surface area contributed by atoms with Gasteiger partial charge in [0.2, 0.25) is 5.91 Å². The third kappa shape index (κ3) is 2.44. The second kappa shape index (κ2) is 4.69. The summed E-state index contributed by atoms with van der Waals surface area (Å²) in [6.45, 7) is 2.61. The molecule has 4 N–H and O–H groups in total. The molecular formula is C10H14N6O. The summed E-state index contributed by atoms with van der Waals surface area (Å²) in [5.41, 5.74) is 6.29. The van der Waals surface area contributed by atoms with E-state index in [-0.39, 0.29) is 12.5 Å². The molecule has 7 heteroatoms. The molecule has 2 rings (SSSR count). The number of aromatic nitrogens is 3.